The van der Waals surface area contributed by atoms with Crippen LogP contribution >= 0.6 is 15.9 Å². The number of hydrogen-bond donors (Lipinski definition) is 2. The standard InChI is InChI=1S/C15H15BrFNO3S/c16-12-6-7-15(14(17)9-12)22(20,21)18-13(10-19)8-11-4-2-1-3-5-11/h1-7,9,13,18-19H,8,10H2/t13-/m1/s1. The molecule has 0 unspecified atom stereocenters. The van der Waals surface area contributed by atoms with Crippen LogP contribution in [0.2, 0.25) is 0 Å². The van der Waals surface area contributed by atoms with Crippen LogP contribution in [0.4, 0.5) is 4.39 Å². The van der Waals surface area contributed by atoms with Crippen molar-refractivity contribution in [2.24, 2.45) is 0 Å². The number of nitrogens with one attached hydrogen (secondary N) is 1. The maximum absolute atomic E-state index is 13.8. The predicted octanol–water partition coefficient (Wildman–Crippen LogP) is 2.47. The highest BCUT2D eigenvalue weighted by Gasteiger charge is 2.23. The number of rotatable bonds is 6. The summed E-state index contributed by atoms with van der Waals surface area (Å²) in [6, 6.07) is 12.1. The molecule has 2 N–H and O–H groups in total. The Morgan fingerprint density at radius 1 is 1.18 bits per heavy atom. The molecule has 0 aliphatic rings. The fourth-order valence-electron chi connectivity index (χ4n) is 2.02. The first-order chi connectivity index (χ1) is 10.4. The first-order valence-electron chi connectivity index (χ1n) is 6.54. The lowest BCUT2D eigenvalue weighted by molar-refractivity contribution is 0.256. The molecule has 2 rings (SSSR count). The fraction of sp³-hybridized carbons (Fsp3) is 0.200. The van der Waals surface area contributed by atoms with Gasteiger partial charge in [-0.15, -0.1) is 0 Å². The zero-order valence-electron chi connectivity index (χ0n) is 11.5. The van der Waals surface area contributed by atoms with Crippen molar-refractivity contribution < 1.29 is 17.9 Å². The molecule has 0 spiro atoms. The normalized spacial score (nSPS) is 13.0. The van der Waals surface area contributed by atoms with E-state index in [9.17, 15) is 17.9 Å². The molecule has 0 aliphatic carbocycles. The molecule has 4 nitrogen and oxygen atoms in total. The van der Waals surface area contributed by atoms with Crippen molar-refractivity contribution in [1.29, 1.82) is 0 Å². The predicted molar refractivity (Wildman–Crippen MR) is 85.4 cm³/mol. The lowest BCUT2D eigenvalue weighted by Crippen LogP contribution is -2.39. The fourth-order valence-corrected chi connectivity index (χ4v) is 3.64. The van der Waals surface area contributed by atoms with E-state index in [0.717, 1.165) is 11.6 Å². The monoisotopic (exact) mass is 387 g/mol. The Bertz CT molecular complexity index is 738. The molecular formula is C15H15BrFNO3S. The van der Waals surface area contributed by atoms with Gasteiger partial charge in [0.25, 0.3) is 0 Å². The van der Waals surface area contributed by atoms with Gasteiger partial charge in [-0.3, -0.25) is 0 Å². The van der Waals surface area contributed by atoms with Crippen LogP contribution < -0.4 is 4.72 Å². The van der Waals surface area contributed by atoms with Gasteiger partial charge in [-0.25, -0.2) is 17.5 Å². The van der Waals surface area contributed by atoms with Gasteiger partial charge in [-0.2, -0.15) is 0 Å². The summed E-state index contributed by atoms with van der Waals surface area (Å²) in [6.45, 7) is -0.383. The second kappa shape index (κ2) is 7.32. The summed E-state index contributed by atoms with van der Waals surface area (Å²) in [5.74, 6) is -0.849. The molecule has 2 aromatic carbocycles. The Hall–Kier alpha value is -1.28. The molecule has 7 heteroatoms. The van der Waals surface area contributed by atoms with Crippen LogP contribution in [-0.4, -0.2) is 26.2 Å². The molecule has 0 aromatic heterocycles. The minimum atomic E-state index is -4.04. The van der Waals surface area contributed by atoms with Gasteiger partial charge < -0.3 is 5.11 Å². The summed E-state index contributed by atoms with van der Waals surface area (Å²) in [4.78, 5) is -0.442. The molecule has 0 bridgehead atoms. The highest BCUT2D eigenvalue weighted by molar-refractivity contribution is 9.10. The van der Waals surface area contributed by atoms with E-state index in [1.807, 2.05) is 30.3 Å². The number of halogens is 2. The molecule has 1 atom stereocenters. The van der Waals surface area contributed by atoms with Gasteiger partial charge in [0.1, 0.15) is 10.7 Å². The summed E-state index contributed by atoms with van der Waals surface area (Å²) in [5, 5.41) is 9.38. The van der Waals surface area contributed by atoms with Gasteiger partial charge in [-0.05, 0) is 30.2 Å². The number of hydrogen-bond acceptors (Lipinski definition) is 3. The van der Waals surface area contributed by atoms with Crippen molar-refractivity contribution in [2.45, 2.75) is 17.4 Å². The second-order valence-electron chi connectivity index (χ2n) is 4.77. The van der Waals surface area contributed by atoms with Crippen molar-refractivity contribution in [2.75, 3.05) is 6.61 Å². The van der Waals surface area contributed by atoms with E-state index in [0.29, 0.717) is 10.9 Å². The minimum Gasteiger partial charge on any atom is -0.395 e. The molecule has 2 aromatic rings. The van der Waals surface area contributed by atoms with Gasteiger partial charge in [0, 0.05) is 10.5 Å². The van der Waals surface area contributed by atoms with Crippen LogP contribution in [0, 0.1) is 5.82 Å². The SMILES string of the molecule is O=S(=O)(N[C@@H](CO)Cc1ccccc1)c1ccc(Br)cc1F. The molecule has 0 amide bonds. The molecule has 0 saturated heterocycles. The van der Waals surface area contributed by atoms with Gasteiger partial charge in [0.2, 0.25) is 10.0 Å². The van der Waals surface area contributed by atoms with Gasteiger partial charge in [0.15, 0.2) is 0 Å². The summed E-state index contributed by atoms with van der Waals surface area (Å²) < 4.78 is 41.1. The van der Waals surface area contributed by atoms with Gasteiger partial charge >= 0.3 is 0 Å². The highest BCUT2D eigenvalue weighted by atomic mass is 79.9. The zero-order valence-corrected chi connectivity index (χ0v) is 13.9. The van der Waals surface area contributed by atoms with Crippen LogP contribution in [0.15, 0.2) is 57.9 Å². The molecule has 0 heterocycles. The van der Waals surface area contributed by atoms with Crippen LogP contribution in [0.1, 0.15) is 5.56 Å². The number of aliphatic hydroxyl groups excluding tert-OH is 1. The topological polar surface area (TPSA) is 66.4 Å². The summed E-state index contributed by atoms with van der Waals surface area (Å²) >= 11 is 3.08. The van der Waals surface area contributed by atoms with Crippen molar-refractivity contribution in [3.8, 4) is 0 Å². The molecule has 0 radical (unpaired) electrons. The average molecular weight is 388 g/mol. The van der Waals surface area contributed by atoms with E-state index in [1.165, 1.54) is 12.1 Å². The maximum Gasteiger partial charge on any atom is 0.243 e. The van der Waals surface area contributed by atoms with Crippen molar-refractivity contribution in [1.82, 2.24) is 4.72 Å². The first kappa shape index (κ1) is 17.1. The second-order valence-corrected chi connectivity index (χ2v) is 7.36. The molecule has 0 aliphatic heterocycles. The van der Waals surface area contributed by atoms with E-state index < -0.39 is 26.8 Å². The third-order valence-corrected chi connectivity index (χ3v) is 5.10. The van der Waals surface area contributed by atoms with E-state index in [-0.39, 0.29) is 6.61 Å². The Balaban J connectivity index is 2.18. The van der Waals surface area contributed by atoms with Crippen LogP contribution in [0.5, 0.6) is 0 Å². The number of benzene rings is 2. The maximum atomic E-state index is 13.8. The lowest BCUT2D eigenvalue weighted by Gasteiger charge is -2.17. The van der Waals surface area contributed by atoms with E-state index in [4.69, 9.17) is 0 Å². The molecule has 22 heavy (non-hydrogen) atoms. The molecular weight excluding hydrogens is 373 g/mol. The largest absolute Gasteiger partial charge is 0.395 e. The van der Waals surface area contributed by atoms with E-state index >= 15 is 0 Å². The molecule has 118 valence electrons. The molecule has 0 fully saturated rings. The van der Waals surface area contributed by atoms with Crippen molar-refractivity contribution in [3.63, 3.8) is 0 Å². The molecule has 0 saturated carbocycles. The minimum absolute atomic E-state index is 0.314. The van der Waals surface area contributed by atoms with E-state index in [1.54, 1.807) is 0 Å². The summed E-state index contributed by atoms with van der Waals surface area (Å²) in [7, 11) is -4.04. The smallest absolute Gasteiger partial charge is 0.243 e. The third-order valence-electron chi connectivity index (χ3n) is 3.05. The quantitative estimate of drug-likeness (QED) is 0.799. The van der Waals surface area contributed by atoms with Crippen LogP contribution in [0.3, 0.4) is 0 Å². The number of aliphatic hydroxyl groups is 1. The Kier molecular flexibility index (Phi) is 5.69. The van der Waals surface area contributed by atoms with Crippen LogP contribution in [0.25, 0.3) is 0 Å². The highest BCUT2D eigenvalue weighted by Crippen LogP contribution is 2.19. The van der Waals surface area contributed by atoms with E-state index in [2.05, 4.69) is 20.7 Å². The Morgan fingerprint density at radius 3 is 2.45 bits per heavy atom. The van der Waals surface area contributed by atoms with Gasteiger partial charge in [0.05, 0.1) is 6.61 Å². The lowest BCUT2D eigenvalue weighted by atomic mass is 10.1. The number of sulfonamides is 1. The average Bonchev–Trinajstić information content (AvgIpc) is 2.47. The summed E-state index contributed by atoms with van der Waals surface area (Å²) in [6.07, 6.45) is 0.314. The Morgan fingerprint density at radius 2 is 1.86 bits per heavy atom. The van der Waals surface area contributed by atoms with Crippen molar-refractivity contribution in [3.05, 3.63) is 64.4 Å². The Labute approximate surface area is 137 Å². The first-order valence-corrected chi connectivity index (χ1v) is 8.82. The van der Waals surface area contributed by atoms with Gasteiger partial charge in [-0.1, -0.05) is 46.3 Å². The summed E-state index contributed by atoms with van der Waals surface area (Å²) in [5.41, 5.74) is 0.875. The third kappa shape index (κ3) is 4.36. The zero-order chi connectivity index (χ0) is 16.2. The van der Waals surface area contributed by atoms with Crippen LogP contribution in [-0.2, 0) is 16.4 Å². The van der Waals surface area contributed by atoms with Crippen molar-refractivity contribution >= 4 is 26.0 Å².